The Kier molecular flexibility index (Phi) is 2.74. The lowest BCUT2D eigenvalue weighted by Crippen LogP contribution is -2.61. The second kappa shape index (κ2) is 4.71. The Hall–Kier alpha value is -2.07. The van der Waals surface area contributed by atoms with E-state index in [4.69, 9.17) is 4.74 Å². The third-order valence-corrected chi connectivity index (χ3v) is 5.80. The van der Waals surface area contributed by atoms with Crippen molar-refractivity contribution in [3.05, 3.63) is 42.5 Å². The second-order valence-corrected chi connectivity index (χ2v) is 7.10. The Morgan fingerprint density at radius 3 is 2.52 bits per heavy atom. The maximum atomic E-state index is 12.5. The molecule has 1 atom stereocenters. The molecule has 2 aromatic carbocycles. The van der Waals surface area contributed by atoms with Crippen LogP contribution in [0.1, 0.15) is 12.8 Å². The molecule has 6 rings (SSSR count). The summed E-state index contributed by atoms with van der Waals surface area (Å²) < 4.78 is 5.95. The predicted octanol–water partition coefficient (Wildman–Crippen LogP) is 3.26. The van der Waals surface area contributed by atoms with Crippen molar-refractivity contribution < 1.29 is 9.53 Å². The number of benzene rings is 2. The lowest BCUT2D eigenvalue weighted by Gasteiger charge is -2.49. The molecule has 2 aromatic rings. The van der Waals surface area contributed by atoms with Gasteiger partial charge in [-0.15, -0.1) is 0 Å². The van der Waals surface area contributed by atoms with Crippen LogP contribution in [0.4, 0.5) is 10.5 Å². The van der Waals surface area contributed by atoms with Gasteiger partial charge in [0.05, 0.1) is 6.54 Å². The van der Waals surface area contributed by atoms with E-state index in [1.165, 1.54) is 5.39 Å². The molecule has 4 aliphatic rings. The molecule has 1 spiro atoms. The topological polar surface area (TPSA) is 32.8 Å². The van der Waals surface area contributed by atoms with Crippen LogP contribution in [0.2, 0.25) is 0 Å². The predicted molar refractivity (Wildman–Crippen MR) is 89.7 cm³/mol. The van der Waals surface area contributed by atoms with Gasteiger partial charge in [-0.3, -0.25) is 9.80 Å². The Bertz CT molecular complexity index is 782. The Labute approximate surface area is 135 Å². The minimum Gasteiger partial charge on any atom is -0.439 e. The molecule has 1 amide bonds. The van der Waals surface area contributed by atoms with Crippen LogP contribution in [0.25, 0.3) is 10.8 Å². The summed E-state index contributed by atoms with van der Waals surface area (Å²) in [6.07, 6.45) is 2.12. The monoisotopic (exact) mass is 308 g/mol. The van der Waals surface area contributed by atoms with Gasteiger partial charge in [-0.25, -0.2) is 4.79 Å². The van der Waals surface area contributed by atoms with E-state index < -0.39 is 0 Å². The van der Waals surface area contributed by atoms with E-state index in [-0.39, 0.29) is 11.7 Å². The molecule has 4 nitrogen and oxygen atoms in total. The normalized spacial score (nSPS) is 32.7. The fourth-order valence-electron chi connectivity index (χ4n) is 4.55. The number of fused-ring (bicyclic) bond motifs is 3. The van der Waals surface area contributed by atoms with E-state index in [0.717, 1.165) is 43.5 Å². The van der Waals surface area contributed by atoms with Crippen LogP contribution < -0.4 is 4.90 Å². The molecule has 0 radical (unpaired) electrons. The highest BCUT2D eigenvalue weighted by Crippen LogP contribution is 2.43. The molecule has 4 fully saturated rings. The second-order valence-electron chi connectivity index (χ2n) is 7.10. The zero-order chi connectivity index (χ0) is 15.4. The van der Waals surface area contributed by atoms with Crippen molar-refractivity contribution in [2.45, 2.75) is 18.4 Å². The summed E-state index contributed by atoms with van der Waals surface area (Å²) in [6, 6.07) is 14.5. The van der Waals surface area contributed by atoms with Crippen molar-refractivity contribution in [3.63, 3.8) is 0 Å². The van der Waals surface area contributed by atoms with Crippen LogP contribution in [0.15, 0.2) is 42.5 Å². The molecule has 0 aliphatic carbocycles. The van der Waals surface area contributed by atoms with Crippen molar-refractivity contribution in [1.29, 1.82) is 0 Å². The molecule has 0 aromatic heterocycles. The van der Waals surface area contributed by atoms with Crippen LogP contribution >= 0.6 is 0 Å². The van der Waals surface area contributed by atoms with E-state index in [1.54, 1.807) is 0 Å². The largest absolute Gasteiger partial charge is 0.439 e. The molecule has 0 unspecified atom stereocenters. The molecule has 0 saturated carbocycles. The summed E-state index contributed by atoms with van der Waals surface area (Å²) in [5, 5.41) is 2.36. The Balaban J connectivity index is 1.49. The smallest absolute Gasteiger partial charge is 0.415 e. The molecule has 118 valence electrons. The lowest BCUT2D eigenvalue weighted by atomic mass is 9.75. The minimum atomic E-state index is -0.292. The van der Waals surface area contributed by atoms with E-state index in [0.29, 0.717) is 12.5 Å². The number of rotatable bonds is 1. The van der Waals surface area contributed by atoms with Gasteiger partial charge in [0, 0.05) is 18.2 Å². The quantitative estimate of drug-likeness (QED) is 0.810. The van der Waals surface area contributed by atoms with Gasteiger partial charge in [0.25, 0.3) is 0 Å². The maximum absolute atomic E-state index is 12.5. The Morgan fingerprint density at radius 2 is 1.78 bits per heavy atom. The summed E-state index contributed by atoms with van der Waals surface area (Å²) in [5.74, 6) is 0.516. The third kappa shape index (κ3) is 1.98. The van der Waals surface area contributed by atoms with E-state index in [9.17, 15) is 4.79 Å². The van der Waals surface area contributed by atoms with Gasteiger partial charge < -0.3 is 4.74 Å². The lowest BCUT2D eigenvalue weighted by molar-refractivity contribution is -0.0881. The highest BCUT2D eigenvalue weighted by molar-refractivity contribution is 5.94. The molecule has 23 heavy (non-hydrogen) atoms. The van der Waals surface area contributed by atoms with E-state index >= 15 is 0 Å². The summed E-state index contributed by atoms with van der Waals surface area (Å²) in [7, 11) is 0. The standard InChI is InChI=1S/C19H20N2O2/c22-18-21(17-6-5-14-3-1-2-4-15(14)11-17)13-19(23-18)12-20-9-7-16(19)8-10-20/h1-6,11,16H,7-10,12-13H2/t19-/m1/s1. The first-order chi connectivity index (χ1) is 11.2. The van der Waals surface area contributed by atoms with E-state index in [2.05, 4.69) is 29.2 Å². The number of nitrogens with zero attached hydrogens (tertiary/aromatic N) is 2. The molecule has 4 heterocycles. The Morgan fingerprint density at radius 1 is 1.00 bits per heavy atom. The summed E-state index contributed by atoms with van der Waals surface area (Å²) in [4.78, 5) is 16.8. The van der Waals surface area contributed by atoms with Crippen molar-refractivity contribution in [2.75, 3.05) is 31.1 Å². The number of carbonyl (C=O) groups is 1. The number of ether oxygens (including phenoxy) is 1. The van der Waals surface area contributed by atoms with Gasteiger partial charge in [0.1, 0.15) is 5.60 Å². The first kappa shape index (κ1) is 13.4. The highest BCUT2D eigenvalue weighted by atomic mass is 16.6. The number of anilines is 1. The van der Waals surface area contributed by atoms with Gasteiger partial charge in [-0.2, -0.15) is 0 Å². The molecule has 4 saturated heterocycles. The zero-order valence-corrected chi connectivity index (χ0v) is 13.1. The van der Waals surface area contributed by atoms with Crippen molar-refractivity contribution >= 4 is 22.6 Å². The van der Waals surface area contributed by atoms with Crippen molar-refractivity contribution in [1.82, 2.24) is 4.90 Å². The van der Waals surface area contributed by atoms with Gasteiger partial charge >= 0.3 is 6.09 Å². The first-order valence-electron chi connectivity index (χ1n) is 8.45. The number of hydrogen-bond acceptors (Lipinski definition) is 3. The number of hydrogen-bond donors (Lipinski definition) is 0. The van der Waals surface area contributed by atoms with Gasteiger partial charge in [-0.1, -0.05) is 30.3 Å². The molecule has 4 heteroatoms. The molecule has 2 bridgehead atoms. The summed E-state index contributed by atoms with van der Waals surface area (Å²) in [5.41, 5.74) is 0.654. The minimum absolute atomic E-state index is 0.186. The van der Waals surface area contributed by atoms with Crippen LogP contribution in [0, 0.1) is 5.92 Å². The average molecular weight is 308 g/mol. The number of amides is 1. The number of carbonyl (C=O) groups excluding carboxylic acids is 1. The summed E-state index contributed by atoms with van der Waals surface area (Å²) >= 11 is 0. The molecular formula is C19H20N2O2. The van der Waals surface area contributed by atoms with Crippen LogP contribution in [-0.4, -0.2) is 42.8 Å². The van der Waals surface area contributed by atoms with Gasteiger partial charge in [-0.05, 0) is 48.8 Å². The van der Waals surface area contributed by atoms with Gasteiger partial charge in [0.2, 0.25) is 0 Å². The third-order valence-electron chi connectivity index (χ3n) is 5.80. The SMILES string of the molecule is O=C1O[C@]2(CN3CCC2CC3)CN1c1ccc2ccccc2c1. The number of piperidine rings is 3. The summed E-state index contributed by atoms with van der Waals surface area (Å²) in [6.45, 7) is 3.89. The van der Waals surface area contributed by atoms with Crippen LogP contribution in [0.5, 0.6) is 0 Å². The van der Waals surface area contributed by atoms with Crippen molar-refractivity contribution in [3.8, 4) is 0 Å². The molecule has 4 aliphatic heterocycles. The maximum Gasteiger partial charge on any atom is 0.415 e. The van der Waals surface area contributed by atoms with Crippen LogP contribution in [-0.2, 0) is 4.74 Å². The molecule has 0 N–H and O–H groups in total. The van der Waals surface area contributed by atoms with Gasteiger partial charge in [0.15, 0.2) is 0 Å². The fraction of sp³-hybridized carbons (Fsp3) is 0.421. The zero-order valence-electron chi connectivity index (χ0n) is 13.1. The van der Waals surface area contributed by atoms with E-state index in [1.807, 2.05) is 23.1 Å². The fourth-order valence-corrected chi connectivity index (χ4v) is 4.55. The van der Waals surface area contributed by atoms with Crippen molar-refractivity contribution in [2.24, 2.45) is 5.92 Å². The van der Waals surface area contributed by atoms with Crippen LogP contribution in [0.3, 0.4) is 0 Å². The average Bonchev–Trinajstić information content (AvgIpc) is 2.91. The first-order valence-corrected chi connectivity index (χ1v) is 8.45. The highest BCUT2D eigenvalue weighted by Gasteiger charge is 2.55. The molecular weight excluding hydrogens is 288 g/mol.